The van der Waals surface area contributed by atoms with Gasteiger partial charge in [0.05, 0.1) is 17.7 Å². The summed E-state index contributed by atoms with van der Waals surface area (Å²) in [4.78, 5) is 20.4. The van der Waals surface area contributed by atoms with Crippen LogP contribution >= 0.6 is 11.3 Å². The molecule has 0 N–H and O–H groups in total. The van der Waals surface area contributed by atoms with Crippen molar-refractivity contribution in [1.82, 2.24) is 9.97 Å². The van der Waals surface area contributed by atoms with E-state index < -0.39 is 5.97 Å². The lowest BCUT2D eigenvalue weighted by molar-refractivity contribution is 0.0587. The molecule has 0 aliphatic heterocycles. The summed E-state index contributed by atoms with van der Waals surface area (Å²) in [5.41, 5.74) is 1.89. The monoisotopic (exact) mass is 234 g/mol. The smallest absolute Gasteiger partial charge is 0.376 e. The minimum atomic E-state index is -0.518. The Labute approximate surface area is 96.9 Å². The molecule has 0 unspecified atom stereocenters. The summed E-state index contributed by atoms with van der Waals surface area (Å²) < 4.78 is 4.58. The van der Waals surface area contributed by atoms with Crippen LogP contribution in [0.15, 0.2) is 23.7 Å². The number of ether oxygens (including phenoxy) is 1. The lowest BCUT2D eigenvalue weighted by Crippen LogP contribution is -2.07. The number of methoxy groups -OCH3 is 1. The first-order valence-corrected chi connectivity index (χ1v) is 5.56. The van der Waals surface area contributed by atoms with Crippen LogP contribution in [0.1, 0.15) is 16.2 Å². The normalized spacial score (nSPS) is 10.1. The van der Waals surface area contributed by atoms with Gasteiger partial charge < -0.3 is 4.74 Å². The molecule has 0 aliphatic rings. The van der Waals surface area contributed by atoms with Gasteiger partial charge in [-0.25, -0.2) is 14.8 Å². The van der Waals surface area contributed by atoms with E-state index in [0.717, 1.165) is 16.1 Å². The van der Waals surface area contributed by atoms with Crippen molar-refractivity contribution in [2.75, 3.05) is 7.11 Å². The number of esters is 1. The number of hydrogen-bond donors (Lipinski definition) is 0. The van der Waals surface area contributed by atoms with Crippen LogP contribution in [0.25, 0.3) is 10.6 Å². The molecular formula is C11H10N2O2S. The van der Waals surface area contributed by atoms with Gasteiger partial charge in [-0.2, -0.15) is 0 Å². The summed E-state index contributed by atoms with van der Waals surface area (Å²) in [6.07, 6.45) is 1.56. The summed E-state index contributed by atoms with van der Waals surface area (Å²) in [5, 5.41) is 1.99. The second kappa shape index (κ2) is 4.40. The Morgan fingerprint density at radius 2 is 2.25 bits per heavy atom. The molecule has 0 saturated carbocycles. The van der Waals surface area contributed by atoms with Gasteiger partial charge in [0, 0.05) is 6.20 Å². The molecule has 0 fully saturated rings. The molecule has 0 bridgehead atoms. The summed E-state index contributed by atoms with van der Waals surface area (Å²) in [5.74, 6) is -0.427. The molecule has 2 rings (SSSR count). The van der Waals surface area contributed by atoms with Crippen LogP contribution < -0.4 is 0 Å². The Hall–Kier alpha value is -1.75. The van der Waals surface area contributed by atoms with E-state index in [-0.39, 0.29) is 5.82 Å². The van der Waals surface area contributed by atoms with Crippen LogP contribution in [-0.2, 0) is 4.74 Å². The van der Waals surface area contributed by atoms with Crippen molar-refractivity contribution in [2.45, 2.75) is 6.92 Å². The van der Waals surface area contributed by atoms with E-state index in [1.165, 1.54) is 7.11 Å². The fourth-order valence-corrected chi connectivity index (χ4v) is 2.21. The second-order valence-electron chi connectivity index (χ2n) is 3.19. The van der Waals surface area contributed by atoms with Crippen molar-refractivity contribution in [2.24, 2.45) is 0 Å². The first-order valence-electron chi connectivity index (χ1n) is 4.68. The third-order valence-electron chi connectivity index (χ3n) is 2.12. The Morgan fingerprint density at radius 1 is 1.44 bits per heavy atom. The fraction of sp³-hybridized carbons (Fsp3) is 0.182. The first kappa shape index (κ1) is 10.8. The molecule has 16 heavy (non-hydrogen) atoms. The van der Waals surface area contributed by atoms with Gasteiger partial charge in [-0.1, -0.05) is 0 Å². The molecular weight excluding hydrogens is 224 g/mol. The highest BCUT2D eigenvalue weighted by molar-refractivity contribution is 7.13. The van der Waals surface area contributed by atoms with Gasteiger partial charge in [-0.15, -0.1) is 11.3 Å². The predicted molar refractivity (Wildman–Crippen MR) is 61.4 cm³/mol. The molecule has 0 saturated heterocycles. The maximum absolute atomic E-state index is 11.3. The van der Waals surface area contributed by atoms with Gasteiger partial charge in [-0.05, 0) is 30.0 Å². The van der Waals surface area contributed by atoms with E-state index in [2.05, 4.69) is 14.7 Å². The number of aryl methyl sites for hydroxylation is 1. The molecule has 0 amide bonds. The van der Waals surface area contributed by atoms with Crippen LogP contribution in [0.5, 0.6) is 0 Å². The van der Waals surface area contributed by atoms with Crippen LogP contribution in [0.3, 0.4) is 0 Å². The third-order valence-corrected chi connectivity index (χ3v) is 3.16. The molecule has 2 aromatic heterocycles. The average Bonchev–Trinajstić information content (AvgIpc) is 2.74. The summed E-state index contributed by atoms with van der Waals surface area (Å²) >= 11 is 1.59. The molecule has 0 aliphatic carbocycles. The maximum Gasteiger partial charge on any atom is 0.376 e. The quantitative estimate of drug-likeness (QED) is 0.748. The Morgan fingerprint density at radius 3 is 2.88 bits per heavy atom. The molecule has 0 atom stereocenters. The Kier molecular flexibility index (Phi) is 2.96. The number of hydrogen-bond acceptors (Lipinski definition) is 5. The van der Waals surface area contributed by atoms with Crippen LogP contribution in [-0.4, -0.2) is 23.0 Å². The maximum atomic E-state index is 11.3. The highest BCUT2D eigenvalue weighted by Gasteiger charge is 2.11. The zero-order chi connectivity index (χ0) is 11.5. The fourth-order valence-electron chi connectivity index (χ4n) is 1.31. The van der Waals surface area contributed by atoms with Crippen LogP contribution in [0.4, 0.5) is 0 Å². The minimum Gasteiger partial charge on any atom is -0.463 e. The highest BCUT2D eigenvalue weighted by atomic mass is 32.1. The molecule has 82 valence electrons. The van der Waals surface area contributed by atoms with E-state index in [0.29, 0.717) is 0 Å². The van der Waals surface area contributed by atoms with E-state index in [1.807, 2.05) is 18.4 Å². The third kappa shape index (κ3) is 1.94. The Balaban J connectivity index is 2.44. The standard InChI is InChI=1S/C11H10N2O2S/c1-7-4-6-16-9(7)8-3-5-12-10(13-8)11(14)15-2/h3-6H,1-2H3. The molecule has 4 nitrogen and oxygen atoms in total. The molecule has 0 aromatic carbocycles. The molecule has 2 aromatic rings. The van der Waals surface area contributed by atoms with E-state index >= 15 is 0 Å². The van der Waals surface area contributed by atoms with E-state index in [1.54, 1.807) is 23.6 Å². The lowest BCUT2D eigenvalue weighted by Gasteiger charge is -2.01. The van der Waals surface area contributed by atoms with Gasteiger partial charge in [0.15, 0.2) is 0 Å². The van der Waals surface area contributed by atoms with Gasteiger partial charge in [0.1, 0.15) is 0 Å². The highest BCUT2D eigenvalue weighted by Crippen LogP contribution is 2.26. The first-order chi connectivity index (χ1) is 7.72. The van der Waals surface area contributed by atoms with Gasteiger partial charge >= 0.3 is 5.97 Å². The van der Waals surface area contributed by atoms with Crippen molar-refractivity contribution in [3.63, 3.8) is 0 Å². The second-order valence-corrected chi connectivity index (χ2v) is 4.11. The van der Waals surface area contributed by atoms with Gasteiger partial charge in [0.25, 0.3) is 0 Å². The predicted octanol–water partition coefficient (Wildman–Crippen LogP) is 2.30. The number of aromatic nitrogens is 2. The summed E-state index contributed by atoms with van der Waals surface area (Å²) in [7, 11) is 1.31. The van der Waals surface area contributed by atoms with E-state index in [4.69, 9.17) is 0 Å². The Bertz CT molecular complexity index is 522. The van der Waals surface area contributed by atoms with Crippen molar-refractivity contribution in [3.05, 3.63) is 35.1 Å². The van der Waals surface area contributed by atoms with Crippen molar-refractivity contribution in [3.8, 4) is 10.6 Å². The number of rotatable bonds is 2. The van der Waals surface area contributed by atoms with Gasteiger partial charge in [-0.3, -0.25) is 0 Å². The lowest BCUT2D eigenvalue weighted by atomic mass is 10.2. The zero-order valence-corrected chi connectivity index (χ0v) is 9.75. The van der Waals surface area contributed by atoms with E-state index in [9.17, 15) is 4.79 Å². The summed E-state index contributed by atoms with van der Waals surface area (Å²) in [6, 6.07) is 3.80. The van der Waals surface area contributed by atoms with Crippen molar-refractivity contribution >= 4 is 17.3 Å². The largest absolute Gasteiger partial charge is 0.463 e. The topological polar surface area (TPSA) is 52.1 Å². The SMILES string of the molecule is COC(=O)c1nccc(-c2sccc2C)n1. The molecule has 0 radical (unpaired) electrons. The average molecular weight is 234 g/mol. The van der Waals surface area contributed by atoms with Crippen molar-refractivity contribution < 1.29 is 9.53 Å². The number of carbonyl (C=O) groups is 1. The van der Waals surface area contributed by atoms with Crippen LogP contribution in [0.2, 0.25) is 0 Å². The zero-order valence-electron chi connectivity index (χ0n) is 8.93. The number of thiophene rings is 1. The molecule has 0 spiro atoms. The molecule has 5 heteroatoms. The number of nitrogens with zero attached hydrogens (tertiary/aromatic N) is 2. The summed E-state index contributed by atoms with van der Waals surface area (Å²) in [6.45, 7) is 2.01. The molecule has 2 heterocycles. The van der Waals surface area contributed by atoms with Crippen LogP contribution in [0, 0.1) is 6.92 Å². The minimum absolute atomic E-state index is 0.0906. The number of carbonyl (C=O) groups excluding carboxylic acids is 1. The van der Waals surface area contributed by atoms with Gasteiger partial charge in [0.2, 0.25) is 5.82 Å². The van der Waals surface area contributed by atoms with Crippen molar-refractivity contribution in [1.29, 1.82) is 0 Å².